The molecule has 30 heavy (non-hydrogen) atoms. The Bertz CT molecular complexity index is 1050. The minimum absolute atomic E-state index is 0.0913. The molecule has 152 valence electrons. The molecule has 0 aliphatic heterocycles. The summed E-state index contributed by atoms with van der Waals surface area (Å²) >= 11 is 0. The summed E-state index contributed by atoms with van der Waals surface area (Å²) in [6.07, 6.45) is 0. The van der Waals surface area contributed by atoms with Crippen LogP contribution in [-0.2, 0) is 9.53 Å². The minimum Gasteiger partial charge on any atom is -0.482 e. The van der Waals surface area contributed by atoms with Crippen LogP contribution in [0.2, 0.25) is 0 Å². The van der Waals surface area contributed by atoms with Crippen LogP contribution in [0.3, 0.4) is 0 Å². The number of ketones is 2. The van der Waals surface area contributed by atoms with Crippen LogP contribution in [0.25, 0.3) is 0 Å². The first-order valence-electron chi connectivity index (χ1n) is 9.53. The number of hydrogen-bond donors (Lipinski definition) is 0. The molecule has 0 N–H and O–H groups in total. The lowest BCUT2D eigenvalue weighted by Gasteiger charge is -2.08. The molecule has 0 atom stereocenters. The fraction of sp³-hybridized carbons (Fsp3) is 0.160. The van der Waals surface area contributed by atoms with E-state index >= 15 is 0 Å². The fourth-order valence-electron chi connectivity index (χ4n) is 2.79. The largest absolute Gasteiger partial charge is 0.482 e. The van der Waals surface area contributed by atoms with Crippen molar-refractivity contribution in [1.29, 1.82) is 0 Å². The Morgan fingerprint density at radius 3 is 2.00 bits per heavy atom. The molecule has 0 spiro atoms. The maximum atomic E-state index is 12.4. The summed E-state index contributed by atoms with van der Waals surface area (Å²) in [6, 6.07) is 20.8. The van der Waals surface area contributed by atoms with Crippen LogP contribution >= 0.6 is 0 Å². The van der Waals surface area contributed by atoms with E-state index in [2.05, 4.69) is 0 Å². The first-order chi connectivity index (χ1) is 14.4. The quantitative estimate of drug-likeness (QED) is 0.414. The van der Waals surface area contributed by atoms with Crippen molar-refractivity contribution < 1.29 is 23.9 Å². The maximum Gasteiger partial charge on any atom is 0.344 e. The van der Waals surface area contributed by atoms with Crippen LogP contribution < -0.4 is 4.74 Å². The molecule has 0 aromatic heterocycles. The van der Waals surface area contributed by atoms with Crippen molar-refractivity contribution in [1.82, 2.24) is 0 Å². The van der Waals surface area contributed by atoms with Crippen LogP contribution in [0.1, 0.15) is 37.4 Å². The van der Waals surface area contributed by atoms with E-state index in [0.717, 1.165) is 11.1 Å². The third-order valence-corrected chi connectivity index (χ3v) is 4.70. The molecule has 0 aliphatic rings. The number of Topliss-reactive ketones (excluding diaryl/α,β-unsaturated/α-hetero) is 1. The Morgan fingerprint density at radius 2 is 1.33 bits per heavy atom. The first-order valence-corrected chi connectivity index (χ1v) is 9.53. The van der Waals surface area contributed by atoms with Gasteiger partial charge >= 0.3 is 5.97 Å². The Hall–Kier alpha value is -3.73. The average Bonchev–Trinajstić information content (AvgIpc) is 2.78. The highest BCUT2D eigenvalue weighted by molar-refractivity contribution is 6.09. The van der Waals surface area contributed by atoms with Crippen molar-refractivity contribution in [2.75, 3.05) is 13.2 Å². The summed E-state index contributed by atoms with van der Waals surface area (Å²) in [5.74, 6) is -0.574. The molecule has 0 radical (unpaired) electrons. The van der Waals surface area contributed by atoms with Gasteiger partial charge in [0.2, 0.25) is 0 Å². The van der Waals surface area contributed by atoms with Crippen molar-refractivity contribution in [2.45, 2.75) is 13.8 Å². The molecular weight excluding hydrogens is 380 g/mol. The zero-order valence-corrected chi connectivity index (χ0v) is 16.9. The van der Waals surface area contributed by atoms with E-state index in [9.17, 15) is 14.4 Å². The minimum atomic E-state index is -0.642. The maximum absolute atomic E-state index is 12.4. The number of hydrogen-bond acceptors (Lipinski definition) is 5. The van der Waals surface area contributed by atoms with Gasteiger partial charge in [-0.1, -0.05) is 42.5 Å². The number of rotatable bonds is 8. The monoisotopic (exact) mass is 402 g/mol. The standard InChI is InChI=1S/C25H22O5/c1-17-8-9-21(14-18(17)2)23(26)15-30-24(27)16-29-22-12-10-20(11-13-22)25(28)19-6-4-3-5-7-19/h3-14H,15-16H2,1-2H3. The van der Waals surface area contributed by atoms with Crippen LogP contribution in [0, 0.1) is 13.8 Å². The molecular formula is C25H22O5. The van der Waals surface area contributed by atoms with E-state index in [-0.39, 0.29) is 24.8 Å². The number of carbonyl (C=O) groups is 3. The lowest BCUT2D eigenvalue weighted by atomic mass is 10.0. The van der Waals surface area contributed by atoms with Gasteiger partial charge in [0.05, 0.1) is 0 Å². The van der Waals surface area contributed by atoms with Gasteiger partial charge in [0.25, 0.3) is 0 Å². The van der Waals surface area contributed by atoms with E-state index in [1.165, 1.54) is 0 Å². The van der Waals surface area contributed by atoms with Crippen molar-refractivity contribution >= 4 is 17.5 Å². The van der Waals surface area contributed by atoms with E-state index in [1.807, 2.05) is 26.0 Å². The molecule has 3 rings (SSSR count). The Balaban J connectivity index is 1.48. The second kappa shape index (κ2) is 9.65. The number of aryl methyl sites for hydroxylation is 2. The average molecular weight is 402 g/mol. The lowest BCUT2D eigenvalue weighted by molar-refractivity contribution is -0.144. The van der Waals surface area contributed by atoms with Crippen LogP contribution in [0.4, 0.5) is 0 Å². The van der Waals surface area contributed by atoms with E-state index < -0.39 is 5.97 Å². The highest BCUT2D eigenvalue weighted by atomic mass is 16.6. The van der Waals surface area contributed by atoms with Crippen molar-refractivity contribution in [3.63, 3.8) is 0 Å². The number of carbonyl (C=O) groups excluding carboxylic acids is 3. The van der Waals surface area contributed by atoms with Gasteiger partial charge in [0, 0.05) is 16.7 Å². The van der Waals surface area contributed by atoms with Crippen LogP contribution in [-0.4, -0.2) is 30.7 Å². The molecule has 0 aliphatic carbocycles. The van der Waals surface area contributed by atoms with Crippen LogP contribution in [0.5, 0.6) is 5.75 Å². The normalized spacial score (nSPS) is 10.3. The predicted molar refractivity (Wildman–Crippen MR) is 113 cm³/mol. The molecule has 5 nitrogen and oxygen atoms in total. The van der Waals surface area contributed by atoms with Crippen LogP contribution in [0.15, 0.2) is 72.8 Å². The third-order valence-electron chi connectivity index (χ3n) is 4.70. The molecule has 0 fully saturated rings. The second-order valence-electron chi connectivity index (χ2n) is 6.89. The molecule has 0 unspecified atom stereocenters. The number of ether oxygens (including phenoxy) is 2. The summed E-state index contributed by atoms with van der Waals surface area (Å²) in [5, 5.41) is 0. The second-order valence-corrected chi connectivity index (χ2v) is 6.89. The molecule has 0 amide bonds. The zero-order valence-electron chi connectivity index (χ0n) is 16.9. The number of esters is 1. The topological polar surface area (TPSA) is 69.7 Å². The van der Waals surface area contributed by atoms with Crippen molar-refractivity contribution in [3.8, 4) is 5.75 Å². The van der Waals surface area contributed by atoms with Gasteiger partial charge in [-0.05, 0) is 55.3 Å². The van der Waals surface area contributed by atoms with E-state index in [4.69, 9.17) is 9.47 Å². The first kappa shape index (κ1) is 21.0. The van der Waals surface area contributed by atoms with Gasteiger partial charge in [-0.15, -0.1) is 0 Å². The Labute approximate surface area is 175 Å². The third kappa shape index (κ3) is 5.41. The predicted octanol–water partition coefficient (Wildman–Crippen LogP) is 4.34. The molecule has 0 saturated carbocycles. The van der Waals surface area contributed by atoms with Gasteiger partial charge in [-0.25, -0.2) is 4.79 Å². The van der Waals surface area contributed by atoms with Crippen molar-refractivity contribution in [2.24, 2.45) is 0 Å². The lowest BCUT2D eigenvalue weighted by Crippen LogP contribution is -2.19. The molecule has 3 aromatic carbocycles. The highest BCUT2D eigenvalue weighted by Crippen LogP contribution is 2.16. The number of benzene rings is 3. The van der Waals surface area contributed by atoms with E-state index in [1.54, 1.807) is 60.7 Å². The van der Waals surface area contributed by atoms with Gasteiger partial charge in [-0.3, -0.25) is 9.59 Å². The summed E-state index contributed by atoms with van der Waals surface area (Å²) in [5.41, 5.74) is 3.72. The molecule has 0 heterocycles. The summed E-state index contributed by atoms with van der Waals surface area (Å²) < 4.78 is 10.4. The van der Waals surface area contributed by atoms with Gasteiger partial charge in [0.15, 0.2) is 24.8 Å². The van der Waals surface area contributed by atoms with Gasteiger partial charge in [0.1, 0.15) is 5.75 Å². The molecule has 3 aromatic rings. The molecule has 0 bridgehead atoms. The zero-order chi connectivity index (χ0) is 21.5. The van der Waals surface area contributed by atoms with Gasteiger partial charge < -0.3 is 9.47 Å². The van der Waals surface area contributed by atoms with E-state index in [0.29, 0.717) is 22.4 Å². The Morgan fingerprint density at radius 1 is 0.700 bits per heavy atom. The SMILES string of the molecule is Cc1ccc(C(=O)COC(=O)COc2ccc(C(=O)c3ccccc3)cc2)cc1C. The van der Waals surface area contributed by atoms with Gasteiger partial charge in [-0.2, -0.15) is 0 Å². The molecule has 0 saturated heterocycles. The summed E-state index contributed by atoms with van der Waals surface area (Å²) in [6.45, 7) is 3.22. The summed E-state index contributed by atoms with van der Waals surface area (Å²) in [4.78, 5) is 36.4. The summed E-state index contributed by atoms with van der Waals surface area (Å²) in [7, 11) is 0. The Kier molecular flexibility index (Phi) is 6.75. The molecule has 5 heteroatoms. The fourth-order valence-corrected chi connectivity index (χ4v) is 2.79. The smallest absolute Gasteiger partial charge is 0.344 e. The highest BCUT2D eigenvalue weighted by Gasteiger charge is 2.12. The van der Waals surface area contributed by atoms with Crippen molar-refractivity contribution in [3.05, 3.63) is 101 Å².